The van der Waals surface area contributed by atoms with Crippen LogP contribution in [0.4, 0.5) is 4.39 Å². The van der Waals surface area contributed by atoms with Crippen LogP contribution in [0.2, 0.25) is 0 Å². The number of carbonyl (C=O) groups excluding carboxylic acids is 1. The summed E-state index contributed by atoms with van der Waals surface area (Å²) in [4.78, 5) is 18.4. The fourth-order valence-corrected chi connectivity index (χ4v) is 2.75. The average molecular weight is 346 g/mol. The van der Waals surface area contributed by atoms with Gasteiger partial charge in [0, 0.05) is 19.5 Å². The molecule has 7 heteroatoms. The van der Waals surface area contributed by atoms with Crippen molar-refractivity contribution < 1.29 is 14.3 Å². The van der Waals surface area contributed by atoms with E-state index < -0.39 is 11.9 Å². The zero-order valence-electron chi connectivity index (χ0n) is 14.7. The van der Waals surface area contributed by atoms with E-state index in [0.717, 1.165) is 12.8 Å². The number of rotatable bonds is 6. The largest absolute Gasteiger partial charge is 0.391 e. The molecule has 1 aromatic carbocycles. The summed E-state index contributed by atoms with van der Waals surface area (Å²) in [6, 6.07) is 6.26. The van der Waals surface area contributed by atoms with Gasteiger partial charge in [0.05, 0.1) is 6.10 Å². The molecule has 1 heterocycles. The maximum absolute atomic E-state index is 14.1. The third-order valence-corrected chi connectivity index (χ3v) is 4.39. The van der Waals surface area contributed by atoms with E-state index in [4.69, 9.17) is 0 Å². The Morgan fingerprint density at radius 3 is 2.68 bits per heavy atom. The molecule has 1 amide bonds. The first-order chi connectivity index (χ1) is 11.9. The van der Waals surface area contributed by atoms with Crippen molar-refractivity contribution in [2.75, 3.05) is 13.6 Å². The molecule has 3 rings (SSSR count). The van der Waals surface area contributed by atoms with Crippen LogP contribution in [-0.4, -0.2) is 50.4 Å². The molecule has 6 nitrogen and oxygen atoms in total. The van der Waals surface area contributed by atoms with Gasteiger partial charge in [-0.1, -0.05) is 26.0 Å². The van der Waals surface area contributed by atoms with Crippen LogP contribution in [0.5, 0.6) is 0 Å². The third-order valence-electron chi connectivity index (χ3n) is 4.39. The molecule has 0 spiro atoms. The van der Waals surface area contributed by atoms with Crippen molar-refractivity contribution in [3.63, 3.8) is 0 Å². The minimum atomic E-state index is -0.521. The van der Waals surface area contributed by atoms with Crippen LogP contribution in [0.25, 0.3) is 5.69 Å². The zero-order valence-corrected chi connectivity index (χ0v) is 14.7. The summed E-state index contributed by atoms with van der Waals surface area (Å²) in [5, 5.41) is 14.3. The van der Waals surface area contributed by atoms with E-state index in [9.17, 15) is 14.3 Å². The highest BCUT2D eigenvalue weighted by molar-refractivity contribution is 5.90. The van der Waals surface area contributed by atoms with Gasteiger partial charge in [0.2, 0.25) is 5.82 Å². The number of para-hydroxylation sites is 1. The van der Waals surface area contributed by atoms with Crippen molar-refractivity contribution in [1.82, 2.24) is 19.7 Å². The number of amides is 1. The van der Waals surface area contributed by atoms with E-state index >= 15 is 0 Å². The number of hydrogen-bond acceptors (Lipinski definition) is 4. The molecule has 134 valence electrons. The van der Waals surface area contributed by atoms with Gasteiger partial charge in [0.1, 0.15) is 17.3 Å². The molecule has 1 fully saturated rings. The van der Waals surface area contributed by atoms with Crippen LogP contribution < -0.4 is 0 Å². The Kier molecular flexibility index (Phi) is 4.85. The summed E-state index contributed by atoms with van der Waals surface area (Å²) in [7, 11) is 1.62. The summed E-state index contributed by atoms with van der Waals surface area (Å²) in [5.74, 6) is -0.0223. The maximum atomic E-state index is 14.1. The minimum absolute atomic E-state index is 0.0115. The maximum Gasteiger partial charge on any atom is 0.293 e. The van der Waals surface area contributed by atoms with Gasteiger partial charge in [0.15, 0.2) is 0 Å². The lowest BCUT2D eigenvalue weighted by Crippen LogP contribution is -2.35. The van der Waals surface area contributed by atoms with Crippen molar-refractivity contribution in [2.45, 2.75) is 38.7 Å². The third kappa shape index (κ3) is 3.71. The number of hydrogen-bond donors (Lipinski definition) is 1. The predicted octanol–water partition coefficient (Wildman–Crippen LogP) is 2.37. The first-order valence-corrected chi connectivity index (χ1v) is 8.54. The lowest BCUT2D eigenvalue weighted by atomic mass is 10.2. The lowest BCUT2D eigenvalue weighted by Gasteiger charge is -2.19. The summed E-state index contributed by atoms with van der Waals surface area (Å²) < 4.78 is 15.5. The molecule has 0 radical (unpaired) electrons. The van der Waals surface area contributed by atoms with Gasteiger partial charge in [-0.15, -0.1) is 5.10 Å². The van der Waals surface area contributed by atoms with Gasteiger partial charge in [-0.05, 0) is 30.9 Å². The highest BCUT2D eigenvalue weighted by atomic mass is 19.1. The van der Waals surface area contributed by atoms with Crippen molar-refractivity contribution in [3.8, 4) is 5.69 Å². The van der Waals surface area contributed by atoms with E-state index in [1.165, 1.54) is 15.6 Å². The topological polar surface area (TPSA) is 71.2 Å². The molecule has 0 aliphatic heterocycles. The lowest BCUT2D eigenvalue weighted by molar-refractivity contribution is 0.0634. The number of aliphatic hydroxyl groups is 1. The molecular weight excluding hydrogens is 323 g/mol. The van der Waals surface area contributed by atoms with E-state index in [-0.39, 0.29) is 35.8 Å². The number of carbonyl (C=O) groups is 1. The van der Waals surface area contributed by atoms with Gasteiger partial charge in [0.25, 0.3) is 5.91 Å². The quantitative estimate of drug-likeness (QED) is 0.872. The first-order valence-electron chi connectivity index (χ1n) is 8.54. The van der Waals surface area contributed by atoms with Crippen molar-refractivity contribution in [2.24, 2.45) is 5.92 Å². The van der Waals surface area contributed by atoms with Crippen LogP contribution in [0, 0.1) is 11.7 Å². The van der Waals surface area contributed by atoms with E-state index in [2.05, 4.69) is 10.1 Å². The van der Waals surface area contributed by atoms with Crippen molar-refractivity contribution in [1.29, 1.82) is 0 Å². The molecule has 25 heavy (non-hydrogen) atoms. The Balaban J connectivity index is 1.88. The van der Waals surface area contributed by atoms with Crippen molar-refractivity contribution in [3.05, 3.63) is 41.7 Å². The summed E-state index contributed by atoms with van der Waals surface area (Å²) in [5.41, 5.74) is 0.262. The molecule has 1 saturated carbocycles. The minimum Gasteiger partial charge on any atom is -0.391 e. The molecule has 1 aliphatic carbocycles. The summed E-state index contributed by atoms with van der Waals surface area (Å²) in [6.45, 7) is 4.07. The van der Waals surface area contributed by atoms with Crippen LogP contribution >= 0.6 is 0 Å². The number of aliphatic hydroxyl groups excluding tert-OH is 1. The number of halogens is 1. The van der Waals surface area contributed by atoms with E-state index in [0.29, 0.717) is 5.82 Å². The molecule has 0 saturated heterocycles. The molecular formula is C18H23FN4O2. The van der Waals surface area contributed by atoms with Gasteiger partial charge in [-0.25, -0.2) is 14.1 Å². The highest BCUT2D eigenvalue weighted by Crippen LogP contribution is 2.32. The van der Waals surface area contributed by atoms with Crippen LogP contribution in [0.3, 0.4) is 0 Å². The Morgan fingerprint density at radius 1 is 1.40 bits per heavy atom. The van der Waals surface area contributed by atoms with Gasteiger partial charge in [-0.3, -0.25) is 4.79 Å². The smallest absolute Gasteiger partial charge is 0.293 e. The van der Waals surface area contributed by atoms with Crippen molar-refractivity contribution >= 4 is 5.91 Å². The van der Waals surface area contributed by atoms with Gasteiger partial charge in [-0.2, -0.15) is 0 Å². The Hall–Kier alpha value is -2.28. The summed E-state index contributed by atoms with van der Waals surface area (Å²) in [6.07, 6.45) is 1.48. The normalized spacial score (nSPS) is 15.4. The Labute approximate surface area is 146 Å². The van der Waals surface area contributed by atoms with Gasteiger partial charge < -0.3 is 10.0 Å². The van der Waals surface area contributed by atoms with Gasteiger partial charge >= 0.3 is 0 Å². The fraction of sp³-hybridized carbons (Fsp3) is 0.500. The number of benzene rings is 1. The number of nitrogens with zero attached hydrogens (tertiary/aromatic N) is 4. The monoisotopic (exact) mass is 346 g/mol. The number of likely N-dealkylation sites (N-methyl/N-ethyl adjacent to an activating group) is 1. The van der Waals surface area contributed by atoms with Crippen LogP contribution in [-0.2, 0) is 0 Å². The highest BCUT2D eigenvalue weighted by Gasteiger charge is 2.32. The molecule has 1 aromatic heterocycles. The second-order valence-corrected chi connectivity index (χ2v) is 6.90. The second kappa shape index (κ2) is 6.92. The predicted molar refractivity (Wildman–Crippen MR) is 91.1 cm³/mol. The molecule has 1 unspecified atom stereocenters. The second-order valence-electron chi connectivity index (χ2n) is 6.90. The SMILES string of the molecule is CC(C)c1nc(C(=O)N(C)CC(O)C2CC2)nn1-c1ccccc1F. The first kappa shape index (κ1) is 17.5. The van der Waals surface area contributed by atoms with E-state index in [1.54, 1.807) is 25.2 Å². The van der Waals surface area contributed by atoms with Crippen LogP contribution in [0.1, 0.15) is 49.1 Å². The molecule has 1 aliphatic rings. The Bertz CT molecular complexity index is 770. The number of aromatic nitrogens is 3. The Morgan fingerprint density at radius 2 is 2.08 bits per heavy atom. The molecule has 0 bridgehead atoms. The molecule has 1 atom stereocenters. The zero-order chi connectivity index (χ0) is 18.1. The fourth-order valence-electron chi connectivity index (χ4n) is 2.75. The van der Waals surface area contributed by atoms with Crippen LogP contribution in [0.15, 0.2) is 24.3 Å². The summed E-state index contributed by atoms with van der Waals surface area (Å²) >= 11 is 0. The van der Waals surface area contributed by atoms with E-state index in [1.807, 2.05) is 13.8 Å². The average Bonchev–Trinajstić information content (AvgIpc) is 3.33. The molecule has 1 N–H and O–H groups in total. The standard InChI is InChI=1S/C18H23FN4O2/c1-11(2)17-20-16(18(25)22(3)10-15(24)12-8-9-12)21-23(17)14-7-5-4-6-13(14)19/h4-7,11-12,15,24H,8-10H2,1-3H3. The molecule has 2 aromatic rings.